The van der Waals surface area contributed by atoms with Gasteiger partial charge >= 0.3 is 5.97 Å². The lowest BCUT2D eigenvalue weighted by Gasteiger charge is -2.11. The molecule has 0 amide bonds. The van der Waals surface area contributed by atoms with Crippen LogP contribution < -0.4 is 5.14 Å². The zero-order chi connectivity index (χ0) is 15.6. The fraction of sp³-hybridized carbons (Fsp3) is 0.462. The average molecular weight is 334 g/mol. The molecule has 0 aliphatic carbocycles. The van der Waals surface area contributed by atoms with Crippen molar-refractivity contribution in [3.05, 3.63) is 28.3 Å². The van der Waals surface area contributed by atoms with E-state index < -0.39 is 16.0 Å². The number of ether oxygens (including phenoxy) is 2. The zero-order valence-electron chi connectivity index (χ0n) is 11.5. The first-order chi connectivity index (χ1) is 9.79. The number of aryl methyl sites for hydroxylation is 1. The summed E-state index contributed by atoms with van der Waals surface area (Å²) in [6.07, 6.45) is 0.843. The smallest absolute Gasteiger partial charge is 0.338 e. The number of hydrogen-bond donors (Lipinski definition) is 1. The first-order valence-corrected chi connectivity index (χ1v) is 8.29. The molecule has 0 radical (unpaired) electrons. The number of halogens is 1. The Kier molecular flexibility index (Phi) is 4.88. The Morgan fingerprint density at radius 1 is 1.52 bits per heavy atom. The number of hydrogen-bond acceptors (Lipinski definition) is 5. The number of primary sulfonamides is 1. The van der Waals surface area contributed by atoms with Crippen molar-refractivity contribution >= 4 is 27.6 Å². The lowest BCUT2D eigenvalue weighted by molar-refractivity contribution is 0.0428. The molecule has 1 aromatic rings. The van der Waals surface area contributed by atoms with Crippen molar-refractivity contribution in [1.29, 1.82) is 0 Å². The van der Waals surface area contributed by atoms with Gasteiger partial charge in [-0.2, -0.15) is 0 Å². The van der Waals surface area contributed by atoms with Gasteiger partial charge < -0.3 is 9.47 Å². The normalized spacial score (nSPS) is 18.7. The van der Waals surface area contributed by atoms with Crippen LogP contribution in [0.15, 0.2) is 17.0 Å². The van der Waals surface area contributed by atoms with Crippen LogP contribution in [0.2, 0.25) is 5.02 Å². The molecule has 1 saturated heterocycles. The Morgan fingerprint density at radius 2 is 2.24 bits per heavy atom. The molecule has 1 aliphatic heterocycles. The number of rotatable bonds is 4. The molecule has 6 nitrogen and oxygen atoms in total. The molecule has 1 heterocycles. The summed E-state index contributed by atoms with van der Waals surface area (Å²) in [4.78, 5) is 11.7. The Hall–Kier alpha value is -1.15. The number of sulfonamides is 1. The van der Waals surface area contributed by atoms with E-state index in [0.29, 0.717) is 18.8 Å². The summed E-state index contributed by atoms with van der Waals surface area (Å²) in [5, 5.41) is 5.10. The van der Waals surface area contributed by atoms with Gasteiger partial charge in [0.1, 0.15) is 4.90 Å². The summed E-state index contributed by atoms with van der Waals surface area (Å²) < 4.78 is 33.3. The van der Waals surface area contributed by atoms with Crippen molar-refractivity contribution in [2.45, 2.75) is 18.2 Å². The summed E-state index contributed by atoms with van der Waals surface area (Å²) in [7, 11) is -4.00. The first-order valence-electron chi connectivity index (χ1n) is 6.37. The molecule has 2 rings (SSSR count). The van der Waals surface area contributed by atoms with Crippen LogP contribution in [0.4, 0.5) is 0 Å². The molecule has 0 aromatic heterocycles. The van der Waals surface area contributed by atoms with Crippen LogP contribution in [0.5, 0.6) is 0 Å². The van der Waals surface area contributed by atoms with Crippen LogP contribution >= 0.6 is 11.6 Å². The van der Waals surface area contributed by atoms with Gasteiger partial charge in [-0.1, -0.05) is 11.6 Å². The molecule has 1 atom stereocenters. The van der Waals surface area contributed by atoms with Crippen molar-refractivity contribution in [2.75, 3.05) is 19.8 Å². The van der Waals surface area contributed by atoms with E-state index in [1.807, 2.05) is 0 Å². The van der Waals surface area contributed by atoms with Gasteiger partial charge in [0.05, 0.1) is 23.8 Å². The fourth-order valence-electron chi connectivity index (χ4n) is 2.05. The van der Waals surface area contributed by atoms with E-state index in [9.17, 15) is 13.2 Å². The molecule has 21 heavy (non-hydrogen) atoms. The van der Waals surface area contributed by atoms with Gasteiger partial charge in [0, 0.05) is 12.5 Å². The monoisotopic (exact) mass is 333 g/mol. The van der Waals surface area contributed by atoms with Crippen LogP contribution in [0.25, 0.3) is 0 Å². The second kappa shape index (κ2) is 6.31. The minimum atomic E-state index is -4.00. The lowest BCUT2D eigenvalue weighted by Crippen LogP contribution is -2.17. The molecule has 0 saturated carbocycles. The number of nitrogens with two attached hydrogens (primary N) is 1. The molecule has 0 bridgehead atoms. The van der Waals surface area contributed by atoms with Crippen LogP contribution in [-0.2, 0) is 19.5 Å². The van der Waals surface area contributed by atoms with Crippen molar-refractivity contribution in [3.8, 4) is 0 Å². The van der Waals surface area contributed by atoms with E-state index >= 15 is 0 Å². The van der Waals surface area contributed by atoms with E-state index in [4.69, 9.17) is 26.2 Å². The number of carbonyl (C=O) groups is 1. The van der Waals surface area contributed by atoms with Crippen LogP contribution in [0.1, 0.15) is 22.3 Å². The van der Waals surface area contributed by atoms with Gasteiger partial charge in [0.15, 0.2) is 0 Å². The summed E-state index contributed by atoms with van der Waals surface area (Å²) >= 11 is 5.91. The maximum atomic E-state index is 12.0. The molecule has 1 aromatic carbocycles. The highest BCUT2D eigenvalue weighted by atomic mass is 35.5. The van der Waals surface area contributed by atoms with Crippen molar-refractivity contribution in [1.82, 2.24) is 0 Å². The first kappa shape index (κ1) is 16.2. The van der Waals surface area contributed by atoms with Gasteiger partial charge in [0.2, 0.25) is 10.0 Å². The fourth-order valence-corrected chi connectivity index (χ4v) is 3.19. The highest BCUT2D eigenvalue weighted by Crippen LogP contribution is 2.26. The summed E-state index contributed by atoms with van der Waals surface area (Å²) in [5.41, 5.74) is 0.555. The van der Waals surface area contributed by atoms with Crippen LogP contribution in [-0.4, -0.2) is 34.2 Å². The molecular weight excluding hydrogens is 318 g/mol. The van der Waals surface area contributed by atoms with Crippen LogP contribution in [0, 0.1) is 12.8 Å². The Balaban J connectivity index is 2.19. The lowest BCUT2D eigenvalue weighted by atomic mass is 10.1. The predicted molar refractivity (Wildman–Crippen MR) is 76.8 cm³/mol. The minimum Gasteiger partial charge on any atom is -0.462 e. The summed E-state index contributed by atoms with van der Waals surface area (Å²) in [6.45, 7) is 3.07. The number of benzene rings is 1. The molecule has 1 fully saturated rings. The third kappa shape index (κ3) is 3.94. The third-order valence-corrected chi connectivity index (χ3v) is 4.79. The second-order valence-electron chi connectivity index (χ2n) is 4.98. The SMILES string of the molecule is Cc1cc(C(=O)OCC2CCOC2)cc(S(N)(=O)=O)c1Cl. The standard InChI is InChI=1S/C13H16ClNO5S/c1-8-4-10(5-11(12(8)14)21(15,17)18)13(16)20-7-9-2-3-19-6-9/h4-5,9H,2-3,6-7H2,1H3,(H2,15,17,18). The highest BCUT2D eigenvalue weighted by Gasteiger charge is 2.21. The predicted octanol–water partition coefficient (Wildman–Crippen LogP) is 1.49. The maximum Gasteiger partial charge on any atom is 0.338 e. The highest BCUT2D eigenvalue weighted by molar-refractivity contribution is 7.89. The average Bonchev–Trinajstić information content (AvgIpc) is 2.90. The minimum absolute atomic E-state index is 0.0123. The quantitative estimate of drug-likeness (QED) is 0.842. The maximum absolute atomic E-state index is 12.0. The molecule has 116 valence electrons. The van der Waals surface area contributed by atoms with Gasteiger partial charge in [-0.3, -0.25) is 0 Å². The molecule has 2 N–H and O–H groups in total. The van der Waals surface area contributed by atoms with Gasteiger partial charge in [-0.05, 0) is 31.0 Å². The molecule has 0 spiro atoms. The number of carbonyl (C=O) groups excluding carboxylic acids is 1. The number of esters is 1. The zero-order valence-corrected chi connectivity index (χ0v) is 13.0. The van der Waals surface area contributed by atoms with Crippen molar-refractivity contribution in [2.24, 2.45) is 11.1 Å². The van der Waals surface area contributed by atoms with E-state index in [0.717, 1.165) is 12.5 Å². The second-order valence-corrected chi connectivity index (χ2v) is 6.89. The topological polar surface area (TPSA) is 95.7 Å². The Bertz CT molecular complexity index is 653. The molecule has 8 heteroatoms. The Labute approximate surface area is 128 Å². The van der Waals surface area contributed by atoms with E-state index in [1.54, 1.807) is 6.92 Å². The molecule has 1 aliphatic rings. The van der Waals surface area contributed by atoms with E-state index in [2.05, 4.69) is 0 Å². The van der Waals surface area contributed by atoms with Crippen LogP contribution in [0.3, 0.4) is 0 Å². The van der Waals surface area contributed by atoms with Crippen molar-refractivity contribution < 1.29 is 22.7 Å². The van der Waals surface area contributed by atoms with Gasteiger partial charge in [-0.15, -0.1) is 0 Å². The largest absolute Gasteiger partial charge is 0.462 e. The van der Waals surface area contributed by atoms with E-state index in [1.165, 1.54) is 6.07 Å². The van der Waals surface area contributed by atoms with Gasteiger partial charge in [-0.25, -0.2) is 18.4 Å². The van der Waals surface area contributed by atoms with E-state index in [-0.39, 0.29) is 28.0 Å². The third-order valence-electron chi connectivity index (χ3n) is 3.24. The summed E-state index contributed by atoms with van der Waals surface area (Å²) in [5.74, 6) is -0.424. The molecular formula is C13H16ClNO5S. The van der Waals surface area contributed by atoms with Crippen molar-refractivity contribution in [3.63, 3.8) is 0 Å². The van der Waals surface area contributed by atoms with Gasteiger partial charge in [0.25, 0.3) is 0 Å². The molecule has 1 unspecified atom stereocenters. The summed E-state index contributed by atoms with van der Waals surface area (Å²) in [6, 6.07) is 2.61. The Morgan fingerprint density at radius 3 is 2.81 bits per heavy atom.